The highest BCUT2D eigenvalue weighted by atomic mass is 35.5. The van der Waals surface area contributed by atoms with Crippen LogP contribution in [0.3, 0.4) is 0 Å². The highest BCUT2D eigenvalue weighted by Crippen LogP contribution is 2.62. The summed E-state index contributed by atoms with van der Waals surface area (Å²) in [5.74, 6) is -0.164. The molecule has 0 spiro atoms. The molecule has 1 fully saturated rings. The summed E-state index contributed by atoms with van der Waals surface area (Å²) in [7, 11) is 1.65. The summed E-state index contributed by atoms with van der Waals surface area (Å²) in [5.41, 5.74) is 3.04. The fourth-order valence-electron chi connectivity index (χ4n) is 8.82. The normalized spacial score (nSPS) is 23.4. The minimum absolute atomic E-state index is 0.00337. The highest BCUT2D eigenvalue weighted by Gasteiger charge is 2.65. The summed E-state index contributed by atoms with van der Waals surface area (Å²) in [6.45, 7) is 4.26. The smallest absolute Gasteiger partial charge is 0.410 e. The lowest BCUT2D eigenvalue weighted by atomic mass is 9.55. The molecule has 2 aliphatic carbocycles. The first-order valence-corrected chi connectivity index (χ1v) is 22.1. The second kappa shape index (κ2) is 21.3. The standard InChI is InChI=1S/C45H54ClN3O10S/c1-4-24-56-45-41(48(2)44(52)55-25-21-46)28-39(47-57-29-30-11-13-32(14-12-30)49(53)54)37-26-31(9-5-7-22-50)36(10-6-8-23-51)42(43(37)45)38-27-34(17-20-40(38)59-45)58-33-15-18-35(60-3)19-16-33/h4,11-20,26-27,31,36,41-43,50-51H,1,5-10,21-25,28-29H2,2-3H3. The molecular weight excluding hydrogens is 810 g/mol. The minimum atomic E-state index is -1.45. The number of carbonyl (C=O) groups excluding carboxylic acids is 1. The van der Waals surface area contributed by atoms with Crippen LogP contribution in [0.5, 0.6) is 17.2 Å². The summed E-state index contributed by atoms with van der Waals surface area (Å²) in [4.78, 5) is 33.3. The van der Waals surface area contributed by atoms with Crippen LogP contribution in [0.4, 0.5) is 10.5 Å². The Balaban J connectivity index is 1.52. The van der Waals surface area contributed by atoms with E-state index in [1.54, 1.807) is 37.0 Å². The van der Waals surface area contributed by atoms with Gasteiger partial charge in [-0.05, 0) is 110 Å². The van der Waals surface area contributed by atoms with Crippen LogP contribution >= 0.6 is 23.4 Å². The maximum atomic E-state index is 13.8. The number of carbonyl (C=O) groups is 1. The Hall–Kier alpha value is -4.60. The maximum absolute atomic E-state index is 13.8. The molecule has 6 atom stereocenters. The number of aliphatic hydroxyl groups excluding tert-OH is 2. The van der Waals surface area contributed by atoms with Gasteiger partial charge >= 0.3 is 6.09 Å². The average molecular weight is 864 g/mol. The lowest BCUT2D eigenvalue weighted by Gasteiger charge is -2.59. The Bertz CT molecular complexity index is 2000. The fraction of sp³-hybridized carbons (Fsp3) is 0.467. The van der Waals surface area contributed by atoms with Crippen molar-refractivity contribution in [2.75, 3.05) is 45.6 Å². The highest BCUT2D eigenvalue weighted by molar-refractivity contribution is 7.98. The number of non-ortho nitro benzene ring substituents is 1. The second-order valence-corrected chi connectivity index (χ2v) is 16.4. The van der Waals surface area contributed by atoms with Gasteiger partial charge in [0.25, 0.3) is 5.69 Å². The number of benzene rings is 3. The summed E-state index contributed by atoms with van der Waals surface area (Å²) in [6.07, 6.45) is 9.89. The first-order chi connectivity index (χ1) is 29.2. The molecule has 0 saturated heterocycles. The fourth-order valence-corrected chi connectivity index (χ4v) is 9.31. The van der Waals surface area contributed by atoms with Gasteiger partial charge in [-0.15, -0.1) is 29.9 Å². The van der Waals surface area contributed by atoms with E-state index >= 15 is 0 Å². The first-order valence-electron chi connectivity index (χ1n) is 20.4. The molecule has 0 radical (unpaired) electrons. The molecule has 15 heteroatoms. The van der Waals surface area contributed by atoms with Crippen molar-refractivity contribution in [1.82, 2.24) is 4.90 Å². The van der Waals surface area contributed by atoms with Gasteiger partial charge < -0.3 is 38.9 Å². The topological polar surface area (TPSA) is 162 Å². The van der Waals surface area contributed by atoms with E-state index in [0.29, 0.717) is 41.4 Å². The Morgan fingerprint density at radius 1 is 1.07 bits per heavy atom. The Morgan fingerprint density at radius 2 is 1.78 bits per heavy atom. The van der Waals surface area contributed by atoms with E-state index < -0.39 is 28.8 Å². The number of unbranched alkanes of at least 4 members (excludes halogenated alkanes) is 2. The number of allylic oxidation sites excluding steroid dienone is 1. The summed E-state index contributed by atoms with van der Waals surface area (Å²) < 4.78 is 26.1. The van der Waals surface area contributed by atoms with E-state index in [2.05, 4.69) is 12.7 Å². The molecule has 1 saturated carbocycles. The molecule has 13 nitrogen and oxygen atoms in total. The molecule has 1 aliphatic heterocycles. The van der Waals surface area contributed by atoms with Crippen LogP contribution in [0.2, 0.25) is 0 Å². The summed E-state index contributed by atoms with van der Waals surface area (Å²) in [6, 6.07) is 19.0. The number of fused-ring (bicyclic) bond motifs is 2. The van der Waals surface area contributed by atoms with Crippen molar-refractivity contribution in [3.63, 3.8) is 0 Å². The molecule has 1 amide bonds. The number of nitro benzene ring substituents is 1. The first kappa shape index (κ1) is 44.9. The Kier molecular flexibility index (Phi) is 15.9. The maximum Gasteiger partial charge on any atom is 0.410 e. The zero-order valence-corrected chi connectivity index (χ0v) is 35.7. The van der Waals surface area contributed by atoms with Gasteiger partial charge in [-0.3, -0.25) is 10.1 Å². The van der Waals surface area contributed by atoms with Crippen molar-refractivity contribution in [3.05, 3.63) is 112 Å². The van der Waals surface area contributed by atoms with E-state index in [1.807, 2.05) is 48.7 Å². The van der Waals surface area contributed by atoms with Crippen LogP contribution in [0.15, 0.2) is 101 Å². The Morgan fingerprint density at radius 3 is 2.45 bits per heavy atom. The third-order valence-corrected chi connectivity index (χ3v) is 12.4. The quantitative estimate of drug-likeness (QED) is 0.0262. The lowest BCUT2D eigenvalue weighted by Crippen LogP contribution is -2.69. The number of nitro groups is 1. The van der Waals surface area contributed by atoms with Crippen molar-refractivity contribution < 1.29 is 43.7 Å². The number of rotatable bonds is 21. The number of amides is 1. The molecular formula is C45H54ClN3O10S. The van der Waals surface area contributed by atoms with Crippen LogP contribution in [0.25, 0.3) is 0 Å². The minimum Gasteiger partial charge on any atom is -0.459 e. The predicted octanol–water partition coefficient (Wildman–Crippen LogP) is 9.25. The van der Waals surface area contributed by atoms with Gasteiger partial charge in [0, 0.05) is 55.2 Å². The average Bonchev–Trinajstić information content (AvgIpc) is 3.26. The third-order valence-electron chi connectivity index (χ3n) is 11.6. The number of likely N-dealkylation sites (N-methyl/N-ethyl adjacent to an activating group) is 1. The number of hydrogen-bond donors (Lipinski definition) is 2. The molecule has 322 valence electrons. The van der Waals surface area contributed by atoms with Crippen molar-refractivity contribution in [2.24, 2.45) is 22.9 Å². The van der Waals surface area contributed by atoms with Crippen LogP contribution in [-0.4, -0.2) is 89.3 Å². The van der Waals surface area contributed by atoms with E-state index in [-0.39, 0.29) is 68.8 Å². The number of hydrogen-bond acceptors (Lipinski definition) is 12. The zero-order valence-electron chi connectivity index (χ0n) is 34.1. The van der Waals surface area contributed by atoms with Gasteiger partial charge in [0.1, 0.15) is 36.5 Å². The summed E-state index contributed by atoms with van der Waals surface area (Å²) >= 11 is 7.60. The second-order valence-electron chi connectivity index (χ2n) is 15.2. The van der Waals surface area contributed by atoms with Crippen molar-refractivity contribution in [2.45, 2.75) is 74.2 Å². The predicted molar refractivity (Wildman–Crippen MR) is 231 cm³/mol. The number of nitrogens with zero attached hydrogens (tertiary/aromatic N) is 3. The van der Waals surface area contributed by atoms with Crippen molar-refractivity contribution >= 4 is 40.9 Å². The van der Waals surface area contributed by atoms with Crippen molar-refractivity contribution in [1.29, 1.82) is 0 Å². The van der Waals surface area contributed by atoms with Crippen LogP contribution in [0.1, 0.15) is 62.0 Å². The number of halogens is 1. The van der Waals surface area contributed by atoms with Crippen LogP contribution in [-0.2, 0) is 20.9 Å². The Labute approximate surface area is 360 Å². The number of aliphatic hydroxyl groups is 2. The van der Waals surface area contributed by atoms with Gasteiger partial charge in [0.05, 0.1) is 29.0 Å². The van der Waals surface area contributed by atoms with E-state index in [4.69, 9.17) is 40.5 Å². The number of oxime groups is 1. The zero-order chi connectivity index (χ0) is 42.6. The molecule has 1 heterocycles. The molecule has 6 rings (SSSR count). The molecule has 3 aromatic carbocycles. The summed E-state index contributed by atoms with van der Waals surface area (Å²) in [5, 5.41) is 35.8. The number of thioether (sulfide) groups is 1. The van der Waals surface area contributed by atoms with Crippen LogP contribution < -0.4 is 9.47 Å². The molecule has 2 N–H and O–H groups in total. The molecule has 60 heavy (non-hydrogen) atoms. The van der Waals surface area contributed by atoms with Gasteiger partial charge in [0.2, 0.25) is 5.79 Å². The van der Waals surface area contributed by atoms with Gasteiger partial charge in [-0.25, -0.2) is 4.79 Å². The monoisotopic (exact) mass is 863 g/mol. The van der Waals surface area contributed by atoms with Crippen molar-refractivity contribution in [3.8, 4) is 17.2 Å². The largest absolute Gasteiger partial charge is 0.459 e. The molecule has 0 bridgehead atoms. The molecule has 6 unspecified atom stereocenters. The van der Waals surface area contributed by atoms with E-state index in [1.165, 1.54) is 17.0 Å². The molecule has 0 aromatic heterocycles. The molecule has 3 aliphatic rings. The van der Waals surface area contributed by atoms with Gasteiger partial charge in [-0.1, -0.05) is 30.1 Å². The van der Waals surface area contributed by atoms with Gasteiger partial charge in [-0.2, -0.15) is 0 Å². The number of alkyl halides is 1. The number of ether oxygens (including phenoxy) is 4. The molecule has 3 aromatic rings. The van der Waals surface area contributed by atoms with E-state index in [0.717, 1.165) is 41.7 Å². The SMILES string of the molecule is C=CCOC12Oc3ccc(Oc4ccc(SC)cc4)cc3C3C(CCCCO)C(CCCCO)C=C(C(=NOCc4ccc([N+](=O)[O-])cc4)CC1N(C)C(=O)OCCCl)C32. The lowest BCUT2D eigenvalue weighted by molar-refractivity contribution is -0.384. The van der Waals surface area contributed by atoms with E-state index in [9.17, 15) is 25.1 Å². The van der Waals surface area contributed by atoms with Crippen LogP contribution in [0, 0.1) is 27.9 Å². The van der Waals surface area contributed by atoms with Gasteiger partial charge in [0.15, 0.2) is 0 Å². The third kappa shape index (κ3) is 10.1.